The Kier molecular flexibility index (Phi) is 7.58. The second-order valence-corrected chi connectivity index (χ2v) is 9.42. The molecule has 6 nitrogen and oxygen atoms in total. The fraction of sp³-hybridized carbons (Fsp3) is 0.409. The average molecular weight is 471 g/mol. The van der Waals surface area contributed by atoms with E-state index in [1.165, 1.54) is 40.7 Å². The molecule has 0 bridgehead atoms. The topological polar surface area (TPSA) is 75.7 Å². The summed E-state index contributed by atoms with van der Waals surface area (Å²) in [5, 5.41) is 2.75. The van der Waals surface area contributed by atoms with Crippen LogP contribution in [0.3, 0.4) is 0 Å². The molecule has 0 saturated carbocycles. The molecule has 1 aliphatic heterocycles. The summed E-state index contributed by atoms with van der Waals surface area (Å²) in [5.41, 5.74) is -0.330. The number of morpholine rings is 1. The molecular formula is C22H25F3N2O4S. The Morgan fingerprint density at radius 1 is 1.12 bits per heavy atom. The molecule has 0 spiro atoms. The van der Waals surface area contributed by atoms with Crippen molar-refractivity contribution in [2.45, 2.75) is 36.9 Å². The molecule has 1 atom stereocenters. The van der Waals surface area contributed by atoms with Gasteiger partial charge in [-0.3, -0.25) is 4.79 Å². The minimum Gasteiger partial charge on any atom is -0.379 e. The van der Waals surface area contributed by atoms with Crippen LogP contribution in [0.15, 0.2) is 53.4 Å². The Morgan fingerprint density at radius 3 is 2.47 bits per heavy atom. The molecule has 0 aliphatic carbocycles. The number of alkyl halides is 3. The number of rotatable bonds is 7. The predicted molar refractivity (Wildman–Crippen MR) is 113 cm³/mol. The van der Waals surface area contributed by atoms with Crippen LogP contribution in [0.5, 0.6) is 0 Å². The van der Waals surface area contributed by atoms with E-state index in [0.29, 0.717) is 31.6 Å². The van der Waals surface area contributed by atoms with Crippen molar-refractivity contribution < 1.29 is 31.1 Å². The Labute approximate surface area is 185 Å². The number of ether oxygens (including phenoxy) is 1. The van der Waals surface area contributed by atoms with Crippen LogP contribution in [-0.2, 0) is 20.9 Å². The second kappa shape index (κ2) is 10.0. The molecule has 0 aromatic heterocycles. The molecule has 32 heavy (non-hydrogen) atoms. The first-order valence-corrected chi connectivity index (χ1v) is 11.7. The number of amides is 1. The largest absolute Gasteiger partial charge is 0.416 e. The Balaban J connectivity index is 1.83. The summed E-state index contributed by atoms with van der Waals surface area (Å²) in [4.78, 5) is 12.9. The SMILES string of the molecule is CCCC(NC(=O)c1cccc(S(=O)(=O)N2CCOCC2)c1)c1cccc(C(F)(F)F)c1. The van der Waals surface area contributed by atoms with Gasteiger partial charge in [-0.1, -0.05) is 31.5 Å². The van der Waals surface area contributed by atoms with E-state index in [1.807, 2.05) is 6.92 Å². The van der Waals surface area contributed by atoms with Gasteiger partial charge < -0.3 is 10.1 Å². The third-order valence-electron chi connectivity index (χ3n) is 5.20. The fourth-order valence-electron chi connectivity index (χ4n) is 3.52. The maximum atomic E-state index is 13.1. The zero-order chi connectivity index (χ0) is 23.4. The van der Waals surface area contributed by atoms with Crippen LogP contribution < -0.4 is 5.32 Å². The molecule has 1 heterocycles. The Bertz CT molecular complexity index is 1050. The molecule has 2 aromatic carbocycles. The lowest BCUT2D eigenvalue weighted by Gasteiger charge is -2.26. The molecule has 1 saturated heterocycles. The fourth-order valence-corrected chi connectivity index (χ4v) is 4.97. The van der Waals surface area contributed by atoms with Crippen LogP contribution in [0.4, 0.5) is 13.2 Å². The van der Waals surface area contributed by atoms with Crippen LogP contribution >= 0.6 is 0 Å². The number of hydrogen-bond acceptors (Lipinski definition) is 4. The summed E-state index contributed by atoms with van der Waals surface area (Å²) in [6.45, 7) is 2.92. The number of nitrogens with zero attached hydrogens (tertiary/aromatic N) is 1. The molecule has 2 aromatic rings. The van der Waals surface area contributed by atoms with E-state index < -0.39 is 33.7 Å². The van der Waals surface area contributed by atoms with Crippen molar-refractivity contribution in [1.29, 1.82) is 0 Å². The number of hydrogen-bond donors (Lipinski definition) is 1. The number of halogens is 3. The molecule has 1 unspecified atom stereocenters. The maximum Gasteiger partial charge on any atom is 0.416 e. The van der Waals surface area contributed by atoms with Gasteiger partial charge in [0.2, 0.25) is 10.0 Å². The van der Waals surface area contributed by atoms with E-state index in [4.69, 9.17) is 4.74 Å². The van der Waals surface area contributed by atoms with E-state index in [0.717, 1.165) is 12.1 Å². The van der Waals surface area contributed by atoms with E-state index >= 15 is 0 Å². The number of benzene rings is 2. The third kappa shape index (κ3) is 5.67. The molecule has 1 fully saturated rings. The van der Waals surface area contributed by atoms with Crippen LogP contribution in [0.2, 0.25) is 0 Å². The molecule has 3 rings (SSSR count). The summed E-state index contributed by atoms with van der Waals surface area (Å²) in [7, 11) is -3.78. The van der Waals surface area contributed by atoms with E-state index in [-0.39, 0.29) is 23.5 Å². The van der Waals surface area contributed by atoms with Gasteiger partial charge in [-0.05, 0) is 42.3 Å². The molecule has 0 radical (unpaired) electrons. The normalized spacial score (nSPS) is 16.5. The van der Waals surface area contributed by atoms with E-state index in [1.54, 1.807) is 0 Å². The summed E-state index contributed by atoms with van der Waals surface area (Å²) in [5.74, 6) is -0.556. The lowest BCUT2D eigenvalue weighted by Crippen LogP contribution is -2.40. The van der Waals surface area contributed by atoms with E-state index in [2.05, 4.69) is 5.32 Å². The van der Waals surface area contributed by atoms with Gasteiger partial charge in [0, 0.05) is 18.7 Å². The van der Waals surface area contributed by atoms with Gasteiger partial charge in [0.1, 0.15) is 0 Å². The zero-order valence-corrected chi connectivity index (χ0v) is 18.4. The molecule has 1 amide bonds. The highest BCUT2D eigenvalue weighted by atomic mass is 32.2. The zero-order valence-electron chi connectivity index (χ0n) is 17.6. The van der Waals surface area contributed by atoms with E-state index in [9.17, 15) is 26.4 Å². The van der Waals surface area contributed by atoms with Gasteiger partial charge in [0.05, 0.1) is 29.7 Å². The van der Waals surface area contributed by atoms with Crippen molar-refractivity contribution in [3.8, 4) is 0 Å². The van der Waals surface area contributed by atoms with Crippen molar-refractivity contribution >= 4 is 15.9 Å². The lowest BCUT2D eigenvalue weighted by atomic mass is 9.99. The standard InChI is InChI=1S/C22H25F3N2O4S/c1-2-5-20(16-6-3-8-18(14-16)22(23,24)25)26-21(28)17-7-4-9-19(15-17)32(29,30)27-10-12-31-13-11-27/h3-4,6-9,14-15,20H,2,5,10-13H2,1H3,(H,26,28). The van der Waals surface area contributed by atoms with Gasteiger partial charge in [0.15, 0.2) is 0 Å². The quantitative estimate of drug-likeness (QED) is 0.664. The molecule has 1 N–H and O–H groups in total. The highest BCUT2D eigenvalue weighted by Crippen LogP contribution is 2.31. The number of carbonyl (C=O) groups is 1. The van der Waals surface area contributed by atoms with Gasteiger partial charge >= 0.3 is 6.18 Å². The van der Waals surface area contributed by atoms with Crippen molar-refractivity contribution in [2.75, 3.05) is 26.3 Å². The van der Waals surface area contributed by atoms with Crippen LogP contribution in [0.25, 0.3) is 0 Å². The molecule has 10 heteroatoms. The predicted octanol–water partition coefficient (Wildman–Crippen LogP) is 4.00. The Morgan fingerprint density at radius 2 is 1.81 bits per heavy atom. The van der Waals surface area contributed by atoms with Crippen molar-refractivity contribution in [3.05, 3.63) is 65.2 Å². The minimum absolute atomic E-state index is 0.0156. The summed E-state index contributed by atoms with van der Waals surface area (Å²) >= 11 is 0. The molecule has 174 valence electrons. The number of nitrogens with one attached hydrogen (secondary N) is 1. The van der Waals surface area contributed by atoms with Gasteiger partial charge in [-0.15, -0.1) is 0 Å². The molecule has 1 aliphatic rings. The second-order valence-electron chi connectivity index (χ2n) is 7.48. The highest BCUT2D eigenvalue weighted by molar-refractivity contribution is 7.89. The number of sulfonamides is 1. The average Bonchev–Trinajstić information content (AvgIpc) is 2.79. The van der Waals surface area contributed by atoms with Crippen molar-refractivity contribution in [1.82, 2.24) is 9.62 Å². The third-order valence-corrected chi connectivity index (χ3v) is 7.10. The highest BCUT2D eigenvalue weighted by Gasteiger charge is 2.31. The van der Waals surface area contributed by atoms with Crippen molar-refractivity contribution in [2.24, 2.45) is 0 Å². The van der Waals surface area contributed by atoms with Crippen LogP contribution in [0, 0.1) is 0 Å². The van der Waals surface area contributed by atoms with Gasteiger partial charge in [-0.25, -0.2) is 8.42 Å². The summed E-state index contributed by atoms with van der Waals surface area (Å²) in [6.07, 6.45) is -3.43. The monoisotopic (exact) mass is 470 g/mol. The number of carbonyl (C=O) groups excluding carboxylic acids is 1. The first kappa shape index (κ1) is 24.2. The first-order valence-electron chi connectivity index (χ1n) is 10.3. The van der Waals surface area contributed by atoms with Crippen molar-refractivity contribution in [3.63, 3.8) is 0 Å². The summed E-state index contributed by atoms with van der Waals surface area (Å²) in [6, 6.07) is 9.86. The lowest BCUT2D eigenvalue weighted by molar-refractivity contribution is -0.137. The summed E-state index contributed by atoms with van der Waals surface area (Å²) < 4.78 is 71.5. The minimum atomic E-state index is -4.49. The smallest absolute Gasteiger partial charge is 0.379 e. The molecular weight excluding hydrogens is 445 g/mol. The maximum absolute atomic E-state index is 13.1. The first-order chi connectivity index (χ1) is 15.1. The van der Waals surface area contributed by atoms with Crippen LogP contribution in [-0.4, -0.2) is 44.9 Å². The van der Waals surface area contributed by atoms with Gasteiger partial charge in [0.25, 0.3) is 5.91 Å². The van der Waals surface area contributed by atoms with Crippen LogP contribution in [0.1, 0.15) is 47.3 Å². The Hall–Kier alpha value is -2.43. The van der Waals surface area contributed by atoms with Gasteiger partial charge in [-0.2, -0.15) is 17.5 Å².